The Hall–Kier alpha value is -1.22. The second-order valence-corrected chi connectivity index (χ2v) is 4.85. The highest BCUT2D eigenvalue weighted by atomic mass is 35.5. The molecule has 0 aliphatic rings. The molecule has 18 heavy (non-hydrogen) atoms. The van der Waals surface area contributed by atoms with Crippen LogP contribution in [-0.4, -0.2) is 25.9 Å². The van der Waals surface area contributed by atoms with Gasteiger partial charge in [0, 0.05) is 25.0 Å². The van der Waals surface area contributed by atoms with Crippen LogP contribution in [0.15, 0.2) is 18.2 Å². The van der Waals surface area contributed by atoms with Gasteiger partial charge in [0.25, 0.3) is 0 Å². The largest absolute Gasteiger partial charge is 0.496 e. The van der Waals surface area contributed by atoms with E-state index in [-0.39, 0.29) is 5.91 Å². The monoisotopic (exact) mass is 269 g/mol. The molecule has 0 aliphatic heterocycles. The van der Waals surface area contributed by atoms with Crippen LogP contribution in [-0.2, 0) is 4.79 Å². The Kier molecular flexibility index (Phi) is 5.48. The van der Waals surface area contributed by atoms with Crippen LogP contribution in [0.3, 0.4) is 0 Å². The standard InChI is InChI=1S/C14H20ClNO2/c1-10(2)12-9-11(5-6-13(12)18-4)16(3)14(17)7-8-15/h5-6,9-10H,7-8H2,1-4H3. The lowest BCUT2D eigenvalue weighted by Crippen LogP contribution is -2.26. The molecule has 0 bridgehead atoms. The number of rotatable bonds is 5. The topological polar surface area (TPSA) is 29.5 Å². The van der Waals surface area contributed by atoms with E-state index in [1.807, 2.05) is 18.2 Å². The molecule has 0 unspecified atom stereocenters. The Morgan fingerprint density at radius 1 is 1.44 bits per heavy atom. The Morgan fingerprint density at radius 3 is 2.61 bits per heavy atom. The number of alkyl halides is 1. The van der Waals surface area contributed by atoms with Crippen LogP contribution in [0.1, 0.15) is 31.7 Å². The lowest BCUT2D eigenvalue weighted by molar-refractivity contribution is -0.117. The summed E-state index contributed by atoms with van der Waals surface area (Å²) in [7, 11) is 3.42. The summed E-state index contributed by atoms with van der Waals surface area (Å²) in [6.07, 6.45) is 0.348. The minimum atomic E-state index is 0.0184. The summed E-state index contributed by atoms with van der Waals surface area (Å²) in [6.45, 7) is 4.20. The number of ether oxygens (including phenoxy) is 1. The summed E-state index contributed by atoms with van der Waals surface area (Å²) in [5.74, 6) is 1.56. The van der Waals surface area contributed by atoms with Gasteiger partial charge in [-0.15, -0.1) is 11.6 Å². The summed E-state index contributed by atoms with van der Waals surface area (Å²) >= 11 is 5.59. The maximum Gasteiger partial charge on any atom is 0.227 e. The van der Waals surface area contributed by atoms with E-state index in [0.717, 1.165) is 17.0 Å². The molecule has 0 radical (unpaired) electrons. The number of hydrogen-bond acceptors (Lipinski definition) is 2. The van der Waals surface area contributed by atoms with Crippen LogP contribution < -0.4 is 9.64 Å². The van der Waals surface area contributed by atoms with Gasteiger partial charge in [-0.25, -0.2) is 0 Å². The minimum absolute atomic E-state index is 0.0184. The van der Waals surface area contributed by atoms with Crippen molar-refractivity contribution in [1.82, 2.24) is 0 Å². The number of carbonyl (C=O) groups is 1. The number of amides is 1. The molecule has 0 aromatic heterocycles. The first-order chi connectivity index (χ1) is 8.51. The van der Waals surface area contributed by atoms with Gasteiger partial charge < -0.3 is 9.64 Å². The van der Waals surface area contributed by atoms with Crippen molar-refractivity contribution in [1.29, 1.82) is 0 Å². The van der Waals surface area contributed by atoms with Gasteiger partial charge in [-0.1, -0.05) is 13.8 Å². The molecule has 0 saturated heterocycles. The van der Waals surface area contributed by atoms with Crippen molar-refractivity contribution in [2.75, 3.05) is 24.9 Å². The van der Waals surface area contributed by atoms with E-state index in [9.17, 15) is 4.79 Å². The molecule has 1 aromatic rings. The lowest BCUT2D eigenvalue weighted by Gasteiger charge is -2.20. The second-order valence-electron chi connectivity index (χ2n) is 4.47. The number of nitrogens with zero attached hydrogens (tertiary/aromatic N) is 1. The zero-order valence-electron chi connectivity index (χ0n) is 11.4. The van der Waals surface area contributed by atoms with E-state index in [4.69, 9.17) is 16.3 Å². The average Bonchev–Trinajstić information content (AvgIpc) is 2.37. The number of methoxy groups -OCH3 is 1. The van der Waals surface area contributed by atoms with Crippen LogP contribution in [0.2, 0.25) is 0 Å². The van der Waals surface area contributed by atoms with Gasteiger partial charge in [0.05, 0.1) is 7.11 Å². The first-order valence-electron chi connectivity index (χ1n) is 6.01. The van der Waals surface area contributed by atoms with Gasteiger partial charge in [-0.05, 0) is 29.7 Å². The number of hydrogen-bond donors (Lipinski definition) is 0. The Balaban J connectivity index is 3.04. The van der Waals surface area contributed by atoms with Crippen LogP contribution in [0, 0.1) is 0 Å². The Bertz CT molecular complexity index is 418. The molecule has 4 heteroatoms. The van der Waals surface area contributed by atoms with Gasteiger partial charge in [-0.3, -0.25) is 4.79 Å². The van der Waals surface area contributed by atoms with E-state index in [1.54, 1.807) is 19.1 Å². The molecule has 1 aromatic carbocycles. The number of halogens is 1. The highest BCUT2D eigenvalue weighted by Crippen LogP contribution is 2.30. The molecular formula is C14H20ClNO2. The summed E-state index contributed by atoms with van der Waals surface area (Å²) in [6, 6.07) is 5.78. The van der Waals surface area contributed by atoms with E-state index in [2.05, 4.69) is 13.8 Å². The van der Waals surface area contributed by atoms with Gasteiger partial charge in [-0.2, -0.15) is 0 Å². The highest BCUT2D eigenvalue weighted by molar-refractivity contribution is 6.19. The number of anilines is 1. The highest BCUT2D eigenvalue weighted by Gasteiger charge is 2.14. The lowest BCUT2D eigenvalue weighted by atomic mass is 10.0. The molecule has 3 nitrogen and oxygen atoms in total. The molecule has 1 rings (SSSR count). The van der Waals surface area contributed by atoms with Gasteiger partial charge in [0.1, 0.15) is 5.75 Å². The van der Waals surface area contributed by atoms with Crippen LogP contribution >= 0.6 is 11.6 Å². The molecule has 0 N–H and O–H groups in total. The van der Waals surface area contributed by atoms with E-state index in [0.29, 0.717) is 18.2 Å². The predicted molar refractivity (Wildman–Crippen MR) is 75.8 cm³/mol. The van der Waals surface area contributed by atoms with E-state index >= 15 is 0 Å². The molecule has 0 spiro atoms. The average molecular weight is 270 g/mol. The summed E-state index contributed by atoms with van der Waals surface area (Å²) < 4.78 is 5.32. The van der Waals surface area contributed by atoms with E-state index < -0.39 is 0 Å². The molecule has 100 valence electrons. The normalized spacial score (nSPS) is 10.6. The van der Waals surface area contributed by atoms with Gasteiger partial charge in [0.2, 0.25) is 5.91 Å². The first kappa shape index (κ1) is 14.8. The van der Waals surface area contributed by atoms with Crippen molar-refractivity contribution < 1.29 is 9.53 Å². The Morgan fingerprint density at radius 2 is 2.11 bits per heavy atom. The third-order valence-corrected chi connectivity index (χ3v) is 3.09. The first-order valence-corrected chi connectivity index (χ1v) is 6.55. The number of carbonyl (C=O) groups excluding carboxylic acids is 1. The summed E-state index contributed by atoms with van der Waals surface area (Å²) in [5.41, 5.74) is 1.97. The summed E-state index contributed by atoms with van der Waals surface area (Å²) in [5, 5.41) is 0. The third-order valence-electron chi connectivity index (χ3n) is 2.91. The van der Waals surface area contributed by atoms with Crippen LogP contribution in [0.5, 0.6) is 5.75 Å². The molecule has 0 heterocycles. The third kappa shape index (κ3) is 3.39. The number of benzene rings is 1. The van der Waals surface area contributed by atoms with Crippen molar-refractivity contribution in [3.8, 4) is 5.75 Å². The van der Waals surface area contributed by atoms with Crippen LogP contribution in [0.4, 0.5) is 5.69 Å². The smallest absolute Gasteiger partial charge is 0.227 e. The van der Waals surface area contributed by atoms with Crippen molar-refractivity contribution in [2.45, 2.75) is 26.2 Å². The summed E-state index contributed by atoms with van der Waals surface area (Å²) in [4.78, 5) is 13.4. The van der Waals surface area contributed by atoms with Crippen molar-refractivity contribution >= 4 is 23.2 Å². The fourth-order valence-electron chi connectivity index (χ4n) is 1.77. The zero-order valence-corrected chi connectivity index (χ0v) is 12.1. The van der Waals surface area contributed by atoms with Gasteiger partial charge in [0.15, 0.2) is 0 Å². The van der Waals surface area contributed by atoms with Crippen LogP contribution in [0.25, 0.3) is 0 Å². The molecule has 0 atom stereocenters. The predicted octanol–water partition coefficient (Wildman–Crippen LogP) is 3.41. The molecular weight excluding hydrogens is 250 g/mol. The molecule has 0 saturated carbocycles. The van der Waals surface area contributed by atoms with E-state index in [1.165, 1.54) is 0 Å². The maximum absolute atomic E-state index is 11.8. The fraction of sp³-hybridized carbons (Fsp3) is 0.500. The minimum Gasteiger partial charge on any atom is -0.496 e. The molecule has 0 fully saturated rings. The SMILES string of the molecule is COc1ccc(N(C)C(=O)CCCl)cc1C(C)C. The van der Waals surface area contributed by atoms with Crippen molar-refractivity contribution in [3.63, 3.8) is 0 Å². The quantitative estimate of drug-likeness (QED) is 0.767. The second kappa shape index (κ2) is 6.64. The fourth-order valence-corrected chi connectivity index (χ4v) is 1.94. The maximum atomic E-state index is 11.8. The molecule has 1 amide bonds. The van der Waals surface area contributed by atoms with Gasteiger partial charge >= 0.3 is 0 Å². The molecule has 0 aliphatic carbocycles. The van der Waals surface area contributed by atoms with Crippen molar-refractivity contribution in [2.24, 2.45) is 0 Å². The zero-order chi connectivity index (χ0) is 13.7. The van der Waals surface area contributed by atoms with Crippen molar-refractivity contribution in [3.05, 3.63) is 23.8 Å². The Labute approximate surface area is 114 Å².